The molecule has 2 rings (SSSR count). The molecule has 1 radical (unpaired) electrons. The third-order valence-electron chi connectivity index (χ3n) is 2.06. The van der Waals surface area contributed by atoms with Gasteiger partial charge in [0.15, 0.2) is 0 Å². The molecule has 0 saturated carbocycles. The van der Waals surface area contributed by atoms with E-state index in [1.165, 1.54) is 12.1 Å². The van der Waals surface area contributed by atoms with Crippen LogP contribution >= 0.6 is 0 Å². The molecule has 0 fully saturated rings. The Hall–Kier alpha value is -1.83. The average Bonchev–Trinajstić information content (AvgIpc) is 2.22. The van der Waals surface area contributed by atoms with Gasteiger partial charge in [0.1, 0.15) is 17.3 Å². The standard InChI is InChI=1S/C13H10FO/c1-10-5-2-3-8-13(10)15-12-7-4-6-11(14)9-12/h2-5,7-9H,1H3. The fraction of sp³-hybridized carbons (Fsp3) is 0.0769. The zero-order valence-electron chi connectivity index (χ0n) is 8.33. The Kier molecular flexibility index (Phi) is 2.68. The van der Waals surface area contributed by atoms with Crippen LogP contribution < -0.4 is 4.74 Å². The van der Waals surface area contributed by atoms with Crippen LogP contribution in [0.4, 0.5) is 4.39 Å². The van der Waals surface area contributed by atoms with Gasteiger partial charge in [-0.3, -0.25) is 0 Å². The van der Waals surface area contributed by atoms with E-state index in [9.17, 15) is 4.39 Å². The van der Waals surface area contributed by atoms with E-state index in [4.69, 9.17) is 4.74 Å². The molecule has 0 bridgehead atoms. The van der Waals surface area contributed by atoms with Gasteiger partial charge in [0.2, 0.25) is 0 Å². The maximum Gasteiger partial charge on any atom is 0.134 e. The summed E-state index contributed by atoms with van der Waals surface area (Å²) >= 11 is 0. The van der Waals surface area contributed by atoms with E-state index in [-0.39, 0.29) is 0 Å². The lowest BCUT2D eigenvalue weighted by Gasteiger charge is -2.07. The molecule has 2 aromatic rings. The molecule has 0 amide bonds. The van der Waals surface area contributed by atoms with Crippen molar-refractivity contribution < 1.29 is 9.13 Å². The number of hydrogen-bond donors (Lipinski definition) is 0. The van der Waals surface area contributed by atoms with Gasteiger partial charge >= 0.3 is 0 Å². The topological polar surface area (TPSA) is 9.23 Å². The first-order chi connectivity index (χ1) is 7.25. The zero-order chi connectivity index (χ0) is 10.7. The summed E-state index contributed by atoms with van der Waals surface area (Å²) in [5.41, 5.74) is 1.02. The van der Waals surface area contributed by atoms with Crippen LogP contribution in [0.3, 0.4) is 0 Å². The van der Waals surface area contributed by atoms with Crippen molar-refractivity contribution in [2.75, 3.05) is 0 Å². The highest BCUT2D eigenvalue weighted by Gasteiger charge is 2.00. The molecule has 0 unspecified atom stereocenters. The molecule has 1 nitrogen and oxygen atoms in total. The highest BCUT2D eigenvalue weighted by molar-refractivity contribution is 5.36. The second kappa shape index (κ2) is 4.13. The minimum Gasteiger partial charge on any atom is -0.457 e. The van der Waals surface area contributed by atoms with Crippen LogP contribution in [0.2, 0.25) is 0 Å². The Morgan fingerprint density at radius 2 is 2.00 bits per heavy atom. The second-order valence-electron chi connectivity index (χ2n) is 3.24. The lowest BCUT2D eigenvalue weighted by molar-refractivity contribution is 0.473. The van der Waals surface area contributed by atoms with Gasteiger partial charge in [-0.05, 0) is 30.7 Å². The number of benzene rings is 2. The van der Waals surface area contributed by atoms with Crippen LogP contribution in [0.1, 0.15) is 5.56 Å². The highest BCUT2D eigenvalue weighted by atomic mass is 19.1. The summed E-state index contributed by atoms with van der Waals surface area (Å²) in [6, 6.07) is 14.5. The van der Waals surface area contributed by atoms with Crippen LogP contribution in [0, 0.1) is 18.8 Å². The predicted octanol–water partition coefficient (Wildman–Crippen LogP) is 3.73. The van der Waals surface area contributed by atoms with Crippen molar-refractivity contribution in [1.29, 1.82) is 0 Å². The maximum atomic E-state index is 12.8. The molecular weight excluding hydrogens is 191 g/mol. The quantitative estimate of drug-likeness (QED) is 0.719. The molecular formula is C13H10FO. The molecule has 75 valence electrons. The molecule has 0 aliphatic heterocycles. The third kappa shape index (κ3) is 2.34. The van der Waals surface area contributed by atoms with Gasteiger partial charge < -0.3 is 4.74 Å². The number of aryl methyl sites for hydroxylation is 1. The lowest BCUT2D eigenvalue weighted by Crippen LogP contribution is -1.87. The summed E-state index contributed by atoms with van der Waals surface area (Å²) in [7, 11) is 0. The summed E-state index contributed by atoms with van der Waals surface area (Å²) in [5.74, 6) is 0.810. The van der Waals surface area contributed by atoms with E-state index >= 15 is 0 Å². The largest absolute Gasteiger partial charge is 0.457 e. The van der Waals surface area contributed by atoms with Crippen LogP contribution in [0.25, 0.3) is 0 Å². The second-order valence-corrected chi connectivity index (χ2v) is 3.24. The highest BCUT2D eigenvalue weighted by Crippen LogP contribution is 2.24. The molecule has 0 aromatic heterocycles. The molecule has 15 heavy (non-hydrogen) atoms. The minimum atomic E-state index is -0.416. The first-order valence-corrected chi connectivity index (χ1v) is 4.66. The van der Waals surface area contributed by atoms with E-state index in [1.54, 1.807) is 6.07 Å². The molecule has 2 aromatic carbocycles. The number of halogens is 1. The van der Waals surface area contributed by atoms with E-state index in [1.807, 2.05) is 31.2 Å². The fourth-order valence-corrected chi connectivity index (χ4v) is 1.28. The van der Waals surface area contributed by atoms with Crippen molar-refractivity contribution in [2.45, 2.75) is 6.92 Å². The number of para-hydroxylation sites is 1. The summed E-state index contributed by atoms with van der Waals surface area (Å²) < 4.78 is 18.4. The van der Waals surface area contributed by atoms with Crippen molar-refractivity contribution in [3.05, 3.63) is 59.9 Å². The lowest BCUT2D eigenvalue weighted by atomic mass is 10.2. The Morgan fingerprint density at radius 1 is 1.20 bits per heavy atom. The smallest absolute Gasteiger partial charge is 0.134 e. The van der Waals surface area contributed by atoms with E-state index in [2.05, 4.69) is 6.07 Å². The van der Waals surface area contributed by atoms with Crippen LogP contribution in [0.15, 0.2) is 42.5 Å². The van der Waals surface area contributed by atoms with E-state index < -0.39 is 5.82 Å². The Balaban J connectivity index is 2.26. The van der Waals surface area contributed by atoms with E-state index in [0.717, 1.165) is 11.3 Å². The van der Waals surface area contributed by atoms with Crippen LogP contribution in [-0.2, 0) is 0 Å². The number of rotatable bonds is 2. The van der Waals surface area contributed by atoms with Crippen molar-refractivity contribution >= 4 is 0 Å². The molecule has 2 heteroatoms. The van der Waals surface area contributed by atoms with Gasteiger partial charge in [-0.15, -0.1) is 0 Å². The van der Waals surface area contributed by atoms with E-state index in [0.29, 0.717) is 5.75 Å². The van der Waals surface area contributed by atoms with Crippen molar-refractivity contribution in [3.63, 3.8) is 0 Å². The SMILES string of the molecule is Cc1ccccc1Oc1cc[c]c(F)c1. The summed E-state index contributed by atoms with van der Waals surface area (Å²) in [4.78, 5) is 0. The third-order valence-corrected chi connectivity index (χ3v) is 2.06. The molecule has 0 heterocycles. The minimum absolute atomic E-state index is 0.416. The fourth-order valence-electron chi connectivity index (χ4n) is 1.28. The first kappa shape index (κ1) is 9.71. The molecule has 0 aliphatic rings. The van der Waals surface area contributed by atoms with Crippen LogP contribution in [0.5, 0.6) is 11.5 Å². The predicted molar refractivity (Wildman–Crippen MR) is 56.5 cm³/mol. The van der Waals surface area contributed by atoms with Crippen molar-refractivity contribution in [2.24, 2.45) is 0 Å². The van der Waals surface area contributed by atoms with Crippen LogP contribution in [-0.4, -0.2) is 0 Å². The normalized spacial score (nSPS) is 10.0. The molecule has 0 atom stereocenters. The Bertz CT molecular complexity index is 466. The van der Waals surface area contributed by atoms with Crippen molar-refractivity contribution in [1.82, 2.24) is 0 Å². The van der Waals surface area contributed by atoms with Gasteiger partial charge in [-0.25, -0.2) is 4.39 Å². The van der Waals surface area contributed by atoms with Gasteiger partial charge in [-0.2, -0.15) is 0 Å². The summed E-state index contributed by atoms with van der Waals surface area (Å²) in [6.45, 7) is 1.95. The zero-order valence-corrected chi connectivity index (χ0v) is 8.33. The Morgan fingerprint density at radius 3 is 2.73 bits per heavy atom. The molecule has 0 N–H and O–H groups in total. The molecule has 0 spiro atoms. The first-order valence-electron chi connectivity index (χ1n) is 4.66. The van der Waals surface area contributed by atoms with Gasteiger partial charge in [0.25, 0.3) is 0 Å². The number of ether oxygens (including phenoxy) is 1. The van der Waals surface area contributed by atoms with Gasteiger partial charge in [-0.1, -0.05) is 18.2 Å². The monoisotopic (exact) mass is 201 g/mol. The molecule has 0 saturated heterocycles. The maximum absolute atomic E-state index is 12.8. The van der Waals surface area contributed by atoms with Crippen molar-refractivity contribution in [3.8, 4) is 11.5 Å². The summed E-state index contributed by atoms with van der Waals surface area (Å²) in [6.07, 6.45) is 0. The Labute approximate surface area is 88.1 Å². The summed E-state index contributed by atoms with van der Waals surface area (Å²) in [5, 5.41) is 0. The molecule has 0 aliphatic carbocycles. The van der Waals surface area contributed by atoms with Gasteiger partial charge in [0.05, 0.1) is 0 Å². The van der Waals surface area contributed by atoms with Gasteiger partial charge in [0, 0.05) is 12.1 Å². The average molecular weight is 201 g/mol. The number of hydrogen-bond acceptors (Lipinski definition) is 1.